The topological polar surface area (TPSA) is 36.6 Å². The lowest BCUT2D eigenvalue weighted by atomic mass is 10.3. The Morgan fingerprint density at radius 2 is 2.21 bits per heavy atom. The number of hydrogen-bond acceptors (Lipinski definition) is 3. The van der Waals surface area contributed by atoms with Gasteiger partial charge in [-0.2, -0.15) is 0 Å². The SMILES string of the molecule is OCC1C2CN(Cc3ccco3)CC12. The van der Waals surface area contributed by atoms with Crippen LogP contribution in [0.1, 0.15) is 5.76 Å². The van der Waals surface area contributed by atoms with Crippen LogP contribution in [0.25, 0.3) is 0 Å². The molecule has 2 fully saturated rings. The van der Waals surface area contributed by atoms with Crippen molar-refractivity contribution in [1.82, 2.24) is 4.90 Å². The van der Waals surface area contributed by atoms with Gasteiger partial charge >= 0.3 is 0 Å². The molecule has 0 amide bonds. The fourth-order valence-electron chi connectivity index (χ4n) is 2.76. The molecule has 0 bridgehead atoms. The Balaban J connectivity index is 1.55. The summed E-state index contributed by atoms with van der Waals surface area (Å²) in [7, 11) is 0. The molecule has 3 rings (SSSR count). The molecule has 3 nitrogen and oxygen atoms in total. The van der Waals surface area contributed by atoms with Crippen molar-refractivity contribution in [2.45, 2.75) is 6.54 Å². The Labute approximate surface area is 83.3 Å². The van der Waals surface area contributed by atoms with Crippen LogP contribution in [-0.4, -0.2) is 29.7 Å². The van der Waals surface area contributed by atoms with Gasteiger partial charge in [0, 0.05) is 19.7 Å². The first-order valence-corrected chi connectivity index (χ1v) is 5.24. The predicted molar refractivity (Wildman–Crippen MR) is 51.5 cm³/mol. The number of piperidine rings is 1. The lowest BCUT2D eigenvalue weighted by Gasteiger charge is -2.17. The minimum Gasteiger partial charge on any atom is -0.468 e. The lowest BCUT2D eigenvalue weighted by molar-refractivity contribution is 0.209. The van der Waals surface area contributed by atoms with E-state index in [1.807, 2.05) is 12.1 Å². The molecule has 1 N–H and O–H groups in total. The first-order valence-electron chi connectivity index (χ1n) is 5.24. The largest absolute Gasteiger partial charge is 0.468 e. The van der Waals surface area contributed by atoms with Crippen LogP contribution in [-0.2, 0) is 6.54 Å². The second-order valence-corrected chi connectivity index (χ2v) is 4.45. The summed E-state index contributed by atoms with van der Waals surface area (Å²) < 4.78 is 5.31. The number of aliphatic hydroxyl groups is 1. The number of fused-ring (bicyclic) bond motifs is 1. The molecule has 1 saturated heterocycles. The summed E-state index contributed by atoms with van der Waals surface area (Å²) >= 11 is 0. The third kappa shape index (κ3) is 1.28. The fourth-order valence-corrected chi connectivity index (χ4v) is 2.76. The maximum atomic E-state index is 9.02. The molecule has 0 radical (unpaired) electrons. The average Bonchev–Trinajstić information content (AvgIpc) is 2.63. The van der Waals surface area contributed by atoms with Gasteiger partial charge in [0.15, 0.2) is 0 Å². The second-order valence-electron chi connectivity index (χ2n) is 4.45. The van der Waals surface area contributed by atoms with Crippen molar-refractivity contribution in [3.05, 3.63) is 24.2 Å². The molecule has 0 spiro atoms. The molecule has 2 unspecified atom stereocenters. The molecule has 1 saturated carbocycles. The summed E-state index contributed by atoms with van der Waals surface area (Å²) in [5, 5.41) is 9.02. The summed E-state index contributed by atoms with van der Waals surface area (Å²) in [5.74, 6) is 3.17. The molecular weight excluding hydrogens is 178 g/mol. The standard InChI is InChI=1S/C11H15NO2/c13-7-11-9-5-12(6-10(9)11)4-8-2-1-3-14-8/h1-3,9-11,13H,4-7H2. The summed E-state index contributed by atoms with van der Waals surface area (Å²) in [6, 6.07) is 3.95. The molecular formula is C11H15NO2. The highest BCUT2D eigenvalue weighted by Gasteiger charge is 2.54. The average molecular weight is 193 g/mol. The molecule has 14 heavy (non-hydrogen) atoms. The lowest BCUT2D eigenvalue weighted by Crippen LogP contribution is -2.24. The zero-order chi connectivity index (χ0) is 9.54. The van der Waals surface area contributed by atoms with E-state index in [4.69, 9.17) is 9.52 Å². The Kier molecular flexibility index (Phi) is 1.89. The number of likely N-dealkylation sites (tertiary alicyclic amines) is 1. The molecule has 1 aromatic rings. The molecule has 1 aliphatic carbocycles. The Hall–Kier alpha value is -0.800. The van der Waals surface area contributed by atoms with Crippen molar-refractivity contribution in [3.63, 3.8) is 0 Å². The second kappa shape index (κ2) is 3.11. The van der Waals surface area contributed by atoms with Crippen LogP contribution in [0.15, 0.2) is 22.8 Å². The van der Waals surface area contributed by atoms with Gasteiger partial charge in [-0.3, -0.25) is 4.90 Å². The highest BCUT2D eigenvalue weighted by Crippen LogP contribution is 2.51. The van der Waals surface area contributed by atoms with E-state index in [1.54, 1.807) is 6.26 Å². The van der Waals surface area contributed by atoms with E-state index in [0.29, 0.717) is 12.5 Å². The molecule has 1 aromatic heterocycles. The van der Waals surface area contributed by atoms with E-state index in [2.05, 4.69) is 4.90 Å². The van der Waals surface area contributed by atoms with Gasteiger partial charge in [-0.25, -0.2) is 0 Å². The summed E-state index contributed by atoms with van der Waals surface area (Å²) in [5.41, 5.74) is 0. The van der Waals surface area contributed by atoms with Gasteiger partial charge in [0.2, 0.25) is 0 Å². The van der Waals surface area contributed by atoms with Crippen molar-refractivity contribution < 1.29 is 9.52 Å². The third-order valence-electron chi connectivity index (χ3n) is 3.62. The molecule has 2 aliphatic rings. The van der Waals surface area contributed by atoms with E-state index < -0.39 is 0 Å². The molecule has 1 aliphatic heterocycles. The normalized spacial score (nSPS) is 35.9. The smallest absolute Gasteiger partial charge is 0.117 e. The van der Waals surface area contributed by atoms with Crippen LogP contribution < -0.4 is 0 Å². The maximum Gasteiger partial charge on any atom is 0.117 e. The van der Waals surface area contributed by atoms with Gasteiger partial charge in [0.05, 0.1) is 12.8 Å². The van der Waals surface area contributed by atoms with E-state index >= 15 is 0 Å². The number of nitrogens with zero attached hydrogens (tertiary/aromatic N) is 1. The van der Waals surface area contributed by atoms with Crippen molar-refractivity contribution in [2.24, 2.45) is 17.8 Å². The minimum atomic E-state index is 0.379. The molecule has 0 aromatic carbocycles. The van der Waals surface area contributed by atoms with Gasteiger partial charge in [-0.15, -0.1) is 0 Å². The van der Waals surface area contributed by atoms with E-state index in [1.165, 1.54) is 0 Å². The minimum absolute atomic E-state index is 0.379. The van der Waals surface area contributed by atoms with Crippen LogP contribution in [0.3, 0.4) is 0 Å². The molecule has 2 heterocycles. The van der Waals surface area contributed by atoms with Gasteiger partial charge in [0.25, 0.3) is 0 Å². The number of hydrogen-bond donors (Lipinski definition) is 1. The summed E-state index contributed by atoms with van der Waals surface area (Å²) in [6.45, 7) is 3.58. The van der Waals surface area contributed by atoms with Crippen molar-refractivity contribution in [2.75, 3.05) is 19.7 Å². The Bertz CT molecular complexity index is 297. The molecule has 76 valence electrons. The molecule has 2 atom stereocenters. The van der Waals surface area contributed by atoms with Gasteiger partial charge in [-0.05, 0) is 29.9 Å². The van der Waals surface area contributed by atoms with Gasteiger partial charge < -0.3 is 9.52 Å². The number of aliphatic hydroxyl groups excluding tert-OH is 1. The van der Waals surface area contributed by atoms with Crippen LogP contribution in [0, 0.1) is 17.8 Å². The first kappa shape index (κ1) is 8.50. The van der Waals surface area contributed by atoms with Gasteiger partial charge in [-0.1, -0.05) is 0 Å². The monoisotopic (exact) mass is 193 g/mol. The van der Waals surface area contributed by atoms with Gasteiger partial charge in [0.1, 0.15) is 5.76 Å². The van der Waals surface area contributed by atoms with Crippen LogP contribution in [0.5, 0.6) is 0 Å². The van der Waals surface area contributed by atoms with Crippen LogP contribution in [0.2, 0.25) is 0 Å². The fraction of sp³-hybridized carbons (Fsp3) is 0.636. The quantitative estimate of drug-likeness (QED) is 0.776. The zero-order valence-electron chi connectivity index (χ0n) is 8.10. The van der Waals surface area contributed by atoms with E-state index in [-0.39, 0.29) is 0 Å². The summed E-state index contributed by atoms with van der Waals surface area (Å²) in [4.78, 5) is 2.42. The van der Waals surface area contributed by atoms with Crippen molar-refractivity contribution in [1.29, 1.82) is 0 Å². The first-order chi connectivity index (χ1) is 6.88. The molecule has 3 heteroatoms. The predicted octanol–water partition coefficient (Wildman–Crippen LogP) is 0.950. The number of furan rings is 1. The van der Waals surface area contributed by atoms with Crippen LogP contribution >= 0.6 is 0 Å². The van der Waals surface area contributed by atoms with Crippen molar-refractivity contribution in [3.8, 4) is 0 Å². The highest BCUT2D eigenvalue weighted by atomic mass is 16.3. The van der Waals surface area contributed by atoms with E-state index in [9.17, 15) is 0 Å². The van der Waals surface area contributed by atoms with Crippen LogP contribution in [0.4, 0.5) is 0 Å². The van der Waals surface area contributed by atoms with E-state index in [0.717, 1.165) is 37.2 Å². The third-order valence-corrected chi connectivity index (χ3v) is 3.62. The maximum absolute atomic E-state index is 9.02. The highest BCUT2D eigenvalue weighted by molar-refractivity contribution is 5.06. The Morgan fingerprint density at radius 1 is 1.43 bits per heavy atom. The zero-order valence-corrected chi connectivity index (χ0v) is 8.10. The number of rotatable bonds is 3. The Morgan fingerprint density at radius 3 is 2.79 bits per heavy atom. The van der Waals surface area contributed by atoms with Crippen molar-refractivity contribution >= 4 is 0 Å². The summed E-state index contributed by atoms with van der Waals surface area (Å²) in [6.07, 6.45) is 1.72.